The molecule has 26 heavy (non-hydrogen) atoms. The van der Waals surface area contributed by atoms with E-state index in [4.69, 9.17) is 4.74 Å². The zero-order valence-corrected chi connectivity index (χ0v) is 15.7. The third-order valence-corrected chi connectivity index (χ3v) is 4.88. The summed E-state index contributed by atoms with van der Waals surface area (Å²) >= 11 is 0. The van der Waals surface area contributed by atoms with Gasteiger partial charge in [-0.1, -0.05) is 36.4 Å². The Bertz CT molecular complexity index is 744. The first-order chi connectivity index (χ1) is 12.6. The molecule has 0 aliphatic carbocycles. The molecule has 1 heterocycles. The Morgan fingerprint density at radius 2 is 1.96 bits per heavy atom. The van der Waals surface area contributed by atoms with E-state index in [0.717, 1.165) is 37.2 Å². The van der Waals surface area contributed by atoms with Gasteiger partial charge in [0.2, 0.25) is 0 Å². The van der Waals surface area contributed by atoms with Crippen LogP contribution in [0.25, 0.3) is 0 Å². The van der Waals surface area contributed by atoms with Crippen LogP contribution in [0.15, 0.2) is 48.5 Å². The van der Waals surface area contributed by atoms with Gasteiger partial charge in [-0.3, -0.25) is 4.79 Å². The molecule has 4 heteroatoms. The van der Waals surface area contributed by atoms with E-state index >= 15 is 0 Å². The van der Waals surface area contributed by atoms with Crippen LogP contribution >= 0.6 is 0 Å². The van der Waals surface area contributed by atoms with Crippen molar-refractivity contribution in [1.29, 1.82) is 0 Å². The van der Waals surface area contributed by atoms with Gasteiger partial charge >= 0.3 is 0 Å². The molecular formula is C22H28N2O2. The van der Waals surface area contributed by atoms with Crippen LogP contribution in [0.3, 0.4) is 0 Å². The predicted molar refractivity (Wildman–Crippen MR) is 106 cm³/mol. The van der Waals surface area contributed by atoms with E-state index in [0.29, 0.717) is 6.54 Å². The molecule has 1 amide bonds. The van der Waals surface area contributed by atoms with Crippen molar-refractivity contribution >= 4 is 11.6 Å². The molecule has 1 atom stereocenters. The van der Waals surface area contributed by atoms with Crippen LogP contribution in [0.5, 0.6) is 5.75 Å². The van der Waals surface area contributed by atoms with Gasteiger partial charge in [0, 0.05) is 25.3 Å². The number of carbonyl (C=O) groups excluding carboxylic acids is 1. The fourth-order valence-electron chi connectivity index (χ4n) is 3.40. The second-order valence-corrected chi connectivity index (χ2v) is 6.89. The topological polar surface area (TPSA) is 41.6 Å². The van der Waals surface area contributed by atoms with Crippen molar-refractivity contribution in [1.82, 2.24) is 5.32 Å². The average molecular weight is 352 g/mol. The van der Waals surface area contributed by atoms with Crippen LogP contribution < -0.4 is 15.0 Å². The summed E-state index contributed by atoms with van der Waals surface area (Å²) in [6, 6.07) is 16.4. The number of nitrogens with zero attached hydrogens (tertiary/aromatic N) is 1. The lowest BCUT2D eigenvalue weighted by Gasteiger charge is -2.31. The maximum Gasteiger partial charge on any atom is 0.260 e. The molecule has 1 aliphatic rings. The first kappa shape index (κ1) is 18.3. The van der Waals surface area contributed by atoms with Gasteiger partial charge < -0.3 is 15.0 Å². The maximum atomic E-state index is 12.3. The van der Waals surface area contributed by atoms with Gasteiger partial charge in [0.1, 0.15) is 5.75 Å². The lowest BCUT2D eigenvalue weighted by molar-refractivity contribution is -0.127. The number of amides is 1. The minimum absolute atomic E-state index is 0.0627. The normalized spacial score (nSPS) is 14.5. The highest BCUT2D eigenvalue weighted by molar-refractivity contribution is 5.80. The fourth-order valence-corrected chi connectivity index (χ4v) is 3.40. The summed E-state index contributed by atoms with van der Waals surface area (Å²) in [4.78, 5) is 14.7. The van der Waals surface area contributed by atoms with E-state index in [-0.39, 0.29) is 5.91 Å². The maximum absolute atomic E-state index is 12.3. The summed E-state index contributed by atoms with van der Waals surface area (Å²) in [6.07, 6.45) is 2.80. The Labute approximate surface area is 156 Å². The van der Waals surface area contributed by atoms with E-state index in [1.54, 1.807) is 6.92 Å². The standard InChI is InChI=1S/C22H28N2O2/c1-17-9-3-6-13-21(17)26-18(2)22(25)23-14-8-16-24-15-7-11-19-10-4-5-12-20(19)24/h3-6,9-10,12-13,18H,7-8,11,14-16H2,1-2H3,(H,23,25)/t18-/m0/s1. The monoisotopic (exact) mass is 352 g/mol. The van der Waals surface area contributed by atoms with E-state index in [2.05, 4.69) is 34.5 Å². The summed E-state index contributed by atoms with van der Waals surface area (Å²) in [6.45, 7) is 6.50. The Morgan fingerprint density at radius 3 is 2.81 bits per heavy atom. The van der Waals surface area contributed by atoms with Gasteiger partial charge in [-0.2, -0.15) is 0 Å². The third-order valence-electron chi connectivity index (χ3n) is 4.88. The number of carbonyl (C=O) groups is 1. The van der Waals surface area contributed by atoms with Crippen molar-refractivity contribution in [3.8, 4) is 5.75 Å². The molecule has 0 saturated carbocycles. The first-order valence-electron chi connectivity index (χ1n) is 9.48. The van der Waals surface area contributed by atoms with Crippen LogP contribution in [0.4, 0.5) is 5.69 Å². The zero-order valence-electron chi connectivity index (χ0n) is 15.7. The quantitative estimate of drug-likeness (QED) is 0.772. The van der Waals surface area contributed by atoms with E-state index in [9.17, 15) is 4.79 Å². The zero-order chi connectivity index (χ0) is 18.4. The predicted octanol–water partition coefficient (Wildman–Crippen LogP) is 3.72. The highest BCUT2D eigenvalue weighted by Crippen LogP contribution is 2.26. The Kier molecular flexibility index (Phi) is 6.16. The molecule has 4 nitrogen and oxygen atoms in total. The number of aryl methyl sites for hydroxylation is 2. The number of hydrogen-bond acceptors (Lipinski definition) is 3. The number of hydrogen-bond donors (Lipinski definition) is 1. The van der Waals surface area contributed by atoms with E-state index in [1.165, 1.54) is 17.7 Å². The summed E-state index contributed by atoms with van der Waals surface area (Å²) < 4.78 is 5.78. The Hall–Kier alpha value is -2.49. The molecule has 1 aliphatic heterocycles. The molecule has 0 radical (unpaired) electrons. The molecule has 2 aromatic rings. The highest BCUT2D eigenvalue weighted by Gasteiger charge is 2.17. The molecule has 0 spiro atoms. The molecule has 0 bridgehead atoms. The third kappa shape index (κ3) is 4.57. The van der Waals surface area contributed by atoms with Crippen molar-refractivity contribution in [3.05, 3.63) is 59.7 Å². The van der Waals surface area contributed by atoms with Crippen molar-refractivity contribution in [3.63, 3.8) is 0 Å². The minimum Gasteiger partial charge on any atom is -0.481 e. The van der Waals surface area contributed by atoms with Crippen LogP contribution in [0.1, 0.15) is 30.9 Å². The number of rotatable bonds is 7. The number of nitrogens with one attached hydrogen (secondary N) is 1. The van der Waals surface area contributed by atoms with Gasteiger partial charge in [0.25, 0.3) is 5.91 Å². The molecule has 3 rings (SSSR count). The van der Waals surface area contributed by atoms with Crippen molar-refractivity contribution in [2.75, 3.05) is 24.5 Å². The molecule has 1 N–H and O–H groups in total. The summed E-state index contributed by atoms with van der Waals surface area (Å²) in [5.74, 6) is 0.701. The van der Waals surface area contributed by atoms with Crippen molar-refractivity contribution in [2.45, 2.75) is 39.2 Å². The van der Waals surface area contributed by atoms with Crippen LogP contribution in [-0.4, -0.2) is 31.6 Å². The molecule has 0 fully saturated rings. The van der Waals surface area contributed by atoms with Crippen molar-refractivity contribution < 1.29 is 9.53 Å². The molecule has 0 aromatic heterocycles. The number of anilines is 1. The number of benzene rings is 2. The smallest absolute Gasteiger partial charge is 0.260 e. The summed E-state index contributed by atoms with van der Waals surface area (Å²) in [5, 5.41) is 3.00. The van der Waals surface area contributed by atoms with E-state index < -0.39 is 6.10 Å². The fraction of sp³-hybridized carbons (Fsp3) is 0.409. The van der Waals surface area contributed by atoms with Gasteiger partial charge in [0.05, 0.1) is 0 Å². The molecule has 2 aromatic carbocycles. The van der Waals surface area contributed by atoms with Crippen LogP contribution in [0, 0.1) is 6.92 Å². The van der Waals surface area contributed by atoms with Gasteiger partial charge in [-0.05, 0) is 56.4 Å². The second-order valence-electron chi connectivity index (χ2n) is 6.89. The van der Waals surface area contributed by atoms with Crippen molar-refractivity contribution in [2.24, 2.45) is 0 Å². The Morgan fingerprint density at radius 1 is 1.19 bits per heavy atom. The SMILES string of the molecule is Cc1ccccc1O[C@@H](C)C(=O)NCCCN1CCCc2ccccc21. The summed E-state index contributed by atoms with van der Waals surface area (Å²) in [5.41, 5.74) is 3.82. The largest absolute Gasteiger partial charge is 0.481 e. The minimum atomic E-state index is -0.494. The number of ether oxygens (including phenoxy) is 1. The van der Waals surface area contributed by atoms with Gasteiger partial charge in [0.15, 0.2) is 6.10 Å². The van der Waals surface area contributed by atoms with Crippen LogP contribution in [0.2, 0.25) is 0 Å². The second kappa shape index (κ2) is 8.75. The molecule has 138 valence electrons. The first-order valence-corrected chi connectivity index (χ1v) is 9.48. The average Bonchev–Trinajstić information content (AvgIpc) is 2.67. The molecule has 0 unspecified atom stereocenters. The van der Waals surface area contributed by atoms with Crippen LogP contribution in [-0.2, 0) is 11.2 Å². The molecular weight excluding hydrogens is 324 g/mol. The molecule has 0 saturated heterocycles. The summed E-state index contributed by atoms with van der Waals surface area (Å²) in [7, 11) is 0. The number of fused-ring (bicyclic) bond motifs is 1. The Balaban J connectivity index is 1.42. The number of para-hydroxylation sites is 2. The highest BCUT2D eigenvalue weighted by atomic mass is 16.5. The van der Waals surface area contributed by atoms with E-state index in [1.807, 2.05) is 31.2 Å². The lowest BCUT2D eigenvalue weighted by Crippen LogP contribution is -2.38. The lowest BCUT2D eigenvalue weighted by atomic mass is 10.0. The van der Waals surface area contributed by atoms with Gasteiger partial charge in [-0.15, -0.1) is 0 Å². The van der Waals surface area contributed by atoms with Gasteiger partial charge in [-0.25, -0.2) is 0 Å².